The largest absolute Gasteiger partial charge is 0.131 e. The Balaban J connectivity index is 2.14. The molecule has 0 aromatic heterocycles. The summed E-state index contributed by atoms with van der Waals surface area (Å²) in [6.45, 7) is 9.25. The van der Waals surface area contributed by atoms with Crippen molar-refractivity contribution in [2.75, 3.05) is 0 Å². The summed E-state index contributed by atoms with van der Waals surface area (Å²) >= 11 is 1.95. The van der Waals surface area contributed by atoms with Crippen LogP contribution in [0.15, 0.2) is 35.2 Å². The normalized spacial score (nSPS) is 27.2. The second-order valence-corrected chi connectivity index (χ2v) is 12.1. The highest BCUT2D eigenvalue weighted by Crippen LogP contribution is 2.56. The highest BCUT2D eigenvalue weighted by Gasteiger charge is 2.51. The zero-order chi connectivity index (χ0) is 12.5. The van der Waals surface area contributed by atoms with Crippen molar-refractivity contribution in [3.63, 3.8) is 0 Å². The maximum absolute atomic E-state index is 3.58. The van der Waals surface area contributed by atoms with Crippen LogP contribution in [0.5, 0.6) is 0 Å². The van der Waals surface area contributed by atoms with Gasteiger partial charge in [-0.3, -0.25) is 0 Å². The van der Waals surface area contributed by atoms with Crippen molar-refractivity contribution in [2.24, 2.45) is 5.92 Å². The summed E-state index contributed by atoms with van der Waals surface area (Å²) < 4.78 is 0.210. The van der Waals surface area contributed by atoms with Gasteiger partial charge < -0.3 is 0 Å². The molecular weight excluding hydrogens is 240 g/mol. The van der Waals surface area contributed by atoms with Gasteiger partial charge in [0.25, 0.3) is 0 Å². The summed E-state index contributed by atoms with van der Waals surface area (Å²) in [6.07, 6.45) is 1.24. The van der Waals surface area contributed by atoms with Gasteiger partial charge in [0.05, 0.1) is 4.75 Å². The minimum absolute atomic E-state index is 0.210. The first-order valence-corrected chi connectivity index (χ1v) is 10.5. The molecule has 0 N–H and O–H groups in total. The van der Waals surface area contributed by atoms with E-state index < -0.39 is 8.07 Å². The van der Waals surface area contributed by atoms with Crippen LogP contribution in [0.3, 0.4) is 0 Å². The van der Waals surface area contributed by atoms with Crippen LogP contribution >= 0.6 is 11.8 Å². The van der Waals surface area contributed by atoms with Crippen molar-refractivity contribution in [3.8, 4) is 11.5 Å². The summed E-state index contributed by atoms with van der Waals surface area (Å²) in [4.78, 5) is 1.35. The van der Waals surface area contributed by atoms with Gasteiger partial charge in [-0.05, 0) is 24.5 Å². The first-order valence-electron chi connectivity index (χ1n) is 6.20. The Kier molecular flexibility index (Phi) is 3.42. The molecule has 0 nitrogen and oxygen atoms in total. The predicted octanol–water partition coefficient (Wildman–Crippen LogP) is 4.44. The maximum atomic E-state index is 3.58. The lowest BCUT2D eigenvalue weighted by molar-refractivity contribution is 0.943. The average Bonchev–Trinajstić information content (AvgIpc) is 2.87. The van der Waals surface area contributed by atoms with Gasteiger partial charge in [-0.2, -0.15) is 0 Å². The fourth-order valence-corrected chi connectivity index (χ4v) is 3.77. The van der Waals surface area contributed by atoms with E-state index in [-0.39, 0.29) is 4.75 Å². The SMILES string of the molecule is CC1CC1(C#C[Si](C)(C)C)Sc1ccccc1. The van der Waals surface area contributed by atoms with Crippen LogP contribution in [0.4, 0.5) is 0 Å². The molecule has 1 fully saturated rings. The van der Waals surface area contributed by atoms with Gasteiger partial charge >= 0.3 is 0 Å². The zero-order valence-corrected chi connectivity index (χ0v) is 12.9. The van der Waals surface area contributed by atoms with Crippen molar-refractivity contribution < 1.29 is 0 Å². The van der Waals surface area contributed by atoms with Gasteiger partial charge in [-0.1, -0.05) is 50.7 Å². The molecule has 0 heterocycles. The quantitative estimate of drug-likeness (QED) is 0.559. The monoisotopic (exact) mass is 260 g/mol. The minimum Gasteiger partial charge on any atom is -0.131 e. The molecule has 0 aliphatic heterocycles. The smallest absolute Gasteiger partial charge is 0.129 e. The van der Waals surface area contributed by atoms with E-state index in [1.807, 2.05) is 11.8 Å². The summed E-state index contributed by atoms with van der Waals surface area (Å²) in [5.74, 6) is 4.32. The molecule has 0 bridgehead atoms. The van der Waals surface area contributed by atoms with Crippen molar-refractivity contribution >= 4 is 19.8 Å². The van der Waals surface area contributed by atoms with Crippen LogP contribution in [-0.2, 0) is 0 Å². The molecule has 0 radical (unpaired) electrons. The van der Waals surface area contributed by atoms with Gasteiger partial charge in [0.1, 0.15) is 8.07 Å². The molecule has 17 heavy (non-hydrogen) atoms. The average molecular weight is 260 g/mol. The molecule has 2 unspecified atom stereocenters. The molecule has 2 atom stereocenters. The summed E-state index contributed by atoms with van der Waals surface area (Å²) in [5.41, 5.74) is 3.54. The van der Waals surface area contributed by atoms with Gasteiger partial charge in [-0.25, -0.2) is 0 Å². The van der Waals surface area contributed by atoms with E-state index in [1.54, 1.807) is 0 Å². The molecule has 1 aliphatic rings. The Labute approximate surface area is 110 Å². The Morgan fingerprint density at radius 2 is 1.82 bits per heavy atom. The summed E-state index contributed by atoms with van der Waals surface area (Å²) in [7, 11) is -1.25. The van der Waals surface area contributed by atoms with Gasteiger partial charge in [0.15, 0.2) is 0 Å². The van der Waals surface area contributed by atoms with E-state index in [2.05, 4.69) is 68.4 Å². The van der Waals surface area contributed by atoms with Crippen LogP contribution < -0.4 is 0 Å². The standard InChI is InChI=1S/C15H20SSi/c1-13-12-15(13,10-11-17(2,3)4)16-14-8-6-5-7-9-14/h5-9,13H,12H2,1-4H3. The fraction of sp³-hybridized carbons (Fsp3) is 0.467. The molecule has 2 rings (SSSR count). The van der Waals surface area contributed by atoms with Gasteiger partial charge in [0.2, 0.25) is 0 Å². The number of thioether (sulfide) groups is 1. The molecule has 0 amide bonds. The second kappa shape index (κ2) is 4.55. The number of benzene rings is 1. The van der Waals surface area contributed by atoms with E-state index >= 15 is 0 Å². The third kappa shape index (κ3) is 3.40. The van der Waals surface area contributed by atoms with E-state index in [1.165, 1.54) is 11.3 Å². The molecular formula is C15H20SSi. The van der Waals surface area contributed by atoms with Crippen LogP contribution in [0.25, 0.3) is 0 Å². The van der Waals surface area contributed by atoms with Crippen molar-refractivity contribution in [1.82, 2.24) is 0 Å². The van der Waals surface area contributed by atoms with E-state index in [9.17, 15) is 0 Å². The zero-order valence-electron chi connectivity index (χ0n) is 11.1. The maximum Gasteiger partial charge on any atom is 0.129 e. The lowest BCUT2D eigenvalue weighted by atomic mass is 10.3. The molecule has 1 aromatic carbocycles. The molecule has 1 saturated carbocycles. The van der Waals surface area contributed by atoms with Crippen LogP contribution in [0.2, 0.25) is 19.6 Å². The highest BCUT2D eigenvalue weighted by molar-refractivity contribution is 8.01. The Hall–Kier alpha value is -0.653. The molecule has 2 heteroatoms. The highest BCUT2D eigenvalue weighted by atomic mass is 32.2. The van der Waals surface area contributed by atoms with Crippen molar-refractivity contribution in [3.05, 3.63) is 30.3 Å². The Morgan fingerprint density at radius 3 is 2.29 bits per heavy atom. The third-order valence-corrected chi connectivity index (χ3v) is 5.36. The van der Waals surface area contributed by atoms with Gasteiger partial charge in [0, 0.05) is 4.90 Å². The van der Waals surface area contributed by atoms with E-state index in [0.29, 0.717) is 0 Å². The predicted molar refractivity (Wildman–Crippen MR) is 79.9 cm³/mol. The van der Waals surface area contributed by atoms with Crippen molar-refractivity contribution in [1.29, 1.82) is 0 Å². The minimum atomic E-state index is -1.25. The van der Waals surface area contributed by atoms with E-state index in [4.69, 9.17) is 0 Å². The number of hydrogen-bond acceptors (Lipinski definition) is 1. The summed E-state index contributed by atoms with van der Waals surface area (Å²) in [6, 6.07) is 10.7. The fourth-order valence-electron chi connectivity index (χ4n) is 1.73. The Morgan fingerprint density at radius 1 is 1.24 bits per heavy atom. The van der Waals surface area contributed by atoms with Crippen molar-refractivity contribution in [2.45, 2.75) is 42.6 Å². The van der Waals surface area contributed by atoms with Gasteiger partial charge in [-0.15, -0.1) is 17.3 Å². The number of hydrogen-bond donors (Lipinski definition) is 0. The van der Waals surface area contributed by atoms with Crippen LogP contribution in [0, 0.1) is 17.4 Å². The molecule has 90 valence electrons. The van der Waals surface area contributed by atoms with Crippen LogP contribution in [0.1, 0.15) is 13.3 Å². The summed E-state index contributed by atoms with van der Waals surface area (Å²) in [5, 5.41) is 0. The third-order valence-electron chi connectivity index (χ3n) is 2.94. The first-order chi connectivity index (χ1) is 7.91. The first kappa shape index (κ1) is 12.8. The van der Waals surface area contributed by atoms with E-state index in [0.717, 1.165) is 5.92 Å². The Bertz CT molecular complexity index is 449. The van der Waals surface area contributed by atoms with Crippen LogP contribution in [-0.4, -0.2) is 12.8 Å². The molecule has 0 saturated heterocycles. The number of rotatable bonds is 2. The molecule has 1 aliphatic carbocycles. The second-order valence-electron chi connectivity index (χ2n) is 5.91. The molecule has 1 aromatic rings. The lowest BCUT2D eigenvalue weighted by Gasteiger charge is -2.11. The topological polar surface area (TPSA) is 0 Å². The lowest BCUT2D eigenvalue weighted by Crippen LogP contribution is -2.18. The molecule has 0 spiro atoms.